The van der Waals surface area contributed by atoms with Crippen molar-refractivity contribution in [2.75, 3.05) is 19.3 Å². The quantitative estimate of drug-likeness (QED) is 0.775. The van der Waals surface area contributed by atoms with Crippen LogP contribution >= 0.6 is 0 Å². The van der Waals surface area contributed by atoms with Gasteiger partial charge >= 0.3 is 0 Å². The van der Waals surface area contributed by atoms with Gasteiger partial charge in [0.1, 0.15) is 15.7 Å². The van der Waals surface area contributed by atoms with E-state index in [0.29, 0.717) is 50.1 Å². The maximum atomic E-state index is 13.0. The Morgan fingerprint density at radius 1 is 1.12 bits per heavy atom. The molecule has 0 radical (unpaired) electrons. The first-order valence-electron chi connectivity index (χ1n) is 8.89. The molecule has 0 aromatic heterocycles. The van der Waals surface area contributed by atoms with E-state index in [9.17, 15) is 21.8 Å². The molecule has 144 valence electrons. The number of sulfone groups is 1. The van der Waals surface area contributed by atoms with Gasteiger partial charge in [0, 0.05) is 30.2 Å². The Hall–Kier alpha value is -1.28. The first-order valence-corrected chi connectivity index (χ1v) is 12.1. The van der Waals surface area contributed by atoms with E-state index in [0.717, 1.165) is 0 Å². The zero-order valence-electron chi connectivity index (χ0n) is 14.8. The highest BCUT2D eigenvalue weighted by Gasteiger charge is 2.37. The van der Waals surface area contributed by atoms with Gasteiger partial charge in [-0.2, -0.15) is 0 Å². The molecule has 0 bridgehead atoms. The number of hydrogen-bond donors (Lipinski definition) is 0. The second-order valence-electron chi connectivity index (χ2n) is 7.25. The first kappa shape index (κ1) is 19.5. The van der Waals surface area contributed by atoms with Crippen LogP contribution in [0.25, 0.3) is 0 Å². The van der Waals surface area contributed by atoms with E-state index in [4.69, 9.17) is 0 Å². The zero-order chi connectivity index (χ0) is 18.9. The maximum absolute atomic E-state index is 13.0. The second kappa shape index (κ2) is 7.76. The summed E-state index contributed by atoms with van der Waals surface area (Å²) in [7, 11) is -4.31. The van der Waals surface area contributed by atoms with Crippen molar-refractivity contribution in [2.45, 2.75) is 47.5 Å². The normalized spacial score (nSPS) is 28.1. The van der Waals surface area contributed by atoms with Crippen LogP contribution in [0.2, 0.25) is 0 Å². The summed E-state index contributed by atoms with van der Waals surface area (Å²) in [6, 6.07) is 5.65. The molecule has 26 heavy (non-hydrogen) atoms. The fourth-order valence-corrected chi connectivity index (χ4v) is 6.41. The number of carbonyl (C=O) groups is 1. The van der Waals surface area contributed by atoms with Gasteiger partial charge < -0.3 is 4.90 Å². The summed E-state index contributed by atoms with van der Waals surface area (Å²) in [5.41, 5.74) is 0. The first-order chi connectivity index (χ1) is 12.3. The molecule has 2 unspecified atom stereocenters. The number of likely N-dealkylation sites (tertiary alicyclic amines) is 1. The molecule has 1 aliphatic heterocycles. The number of benzene rings is 1. The van der Waals surface area contributed by atoms with Gasteiger partial charge in [-0.25, -0.2) is 12.8 Å². The van der Waals surface area contributed by atoms with Gasteiger partial charge in [0.15, 0.2) is 0 Å². The van der Waals surface area contributed by atoms with Gasteiger partial charge in [-0.15, -0.1) is 0 Å². The molecule has 1 aromatic carbocycles. The minimum absolute atomic E-state index is 0.0514. The third-order valence-electron chi connectivity index (χ3n) is 5.43. The zero-order valence-corrected chi connectivity index (χ0v) is 16.4. The standard InChI is InChI=1S/C18H24FNO4S2/c1-26(23,24)17-8-2-13(3-9-17)18(21)20-11-10-16(12-20)25(22)15-6-4-14(19)5-7-15/h4-7,13,16-17H,2-3,8-12H2,1H3. The fraction of sp³-hybridized carbons (Fsp3) is 0.611. The molecule has 1 aliphatic carbocycles. The lowest BCUT2D eigenvalue weighted by Crippen LogP contribution is -2.38. The summed E-state index contributed by atoms with van der Waals surface area (Å²) in [6.07, 6.45) is 4.18. The van der Waals surface area contributed by atoms with Crippen molar-refractivity contribution in [1.29, 1.82) is 0 Å². The van der Waals surface area contributed by atoms with Crippen LogP contribution in [0.3, 0.4) is 0 Å². The molecule has 1 amide bonds. The van der Waals surface area contributed by atoms with Crippen molar-refractivity contribution in [2.24, 2.45) is 5.92 Å². The lowest BCUT2D eigenvalue weighted by molar-refractivity contribution is -0.135. The largest absolute Gasteiger partial charge is 0.341 e. The minimum atomic E-state index is -3.04. The Kier molecular flexibility index (Phi) is 5.81. The number of hydrogen-bond acceptors (Lipinski definition) is 4. The monoisotopic (exact) mass is 401 g/mol. The lowest BCUT2D eigenvalue weighted by atomic mass is 9.88. The van der Waals surface area contributed by atoms with Crippen LogP contribution in [0.15, 0.2) is 29.2 Å². The summed E-state index contributed by atoms with van der Waals surface area (Å²) in [5.74, 6) is -0.444. The van der Waals surface area contributed by atoms with E-state index >= 15 is 0 Å². The van der Waals surface area contributed by atoms with Crippen LogP contribution in [0.1, 0.15) is 32.1 Å². The number of carbonyl (C=O) groups excluding carboxylic acids is 1. The van der Waals surface area contributed by atoms with E-state index in [1.807, 2.05) is 0 Å². The molecule has 1 heterocycles. The van der Waals surface area contributed by atoms with Crippen LogP contribution in [0.4, 0.5) is 4.39 Å². The Labute approximate surface area is 156 Å². The Balaban J connectivity index is 1.56. The van der Waals surface area contributed by atoms with Gasteiger partial charge in [0.05, 0.1) is 21.3 Å². The molecule has 5 nitrogen and oxygen atoms in total. The molecule has 1 saturated carbocycles. The number of rotatable bonds is 4. The Morgan fingerprint density at radius 3 is 2.31 bits per heavy atom. The molecule has 3 rings (SSSR count). The molecule has 2 aliphatic rings. The molecule has 2 fully saturated rings. The molecule has 8 heteroatoms. The third-order valence-corrected chi connectivity index (χ3v) is 8.84. The maximum Gasteiger partial charge on any atom is 0.225 e. The smallest absolute Gasteiger partial charge is 0.225 e. The van der Waals surface area contributed by atoms with E-state index in [1.165, 1.54) is 30.5 Å². The topological polar surface area (TPSA) is 71.5 Å². The van der Waals surface area contributed by atoms with Crippen molar-refractivity contribution in [3.63, 3.8) is 0 Å². The predicted molar refractivity (Wildman–Crippen MR) is 98.4 cm³/mol. The van der Waals surface area contributed by atoms with E-state index in [-0.39, 0.29) is 28.1 Å². The van der Waals surface area contributed by atoms with Crippen LogP contribution in [-0.2, 0) is 25.4 Å². The predicted octanol–water partition coefficient (Wildman–Crippen LogP) is 2.14. The molecular formula is C18H24FNO4S2. The van der Waals surface area contributed by atoms with Gasteiger partial charge in [-0.3, -0.25) is 9.00 Å². The van der Waals surface area contributed by atoms with Crippen molar-refractivity contribution in [3.8, 4) is 0 Å². The van der Waals surface area contributed by atoms with Gasteiger partial charge in [-0.1, -0.05) is 0 Å². The van der Waals surface area contributed by atoms with Gasteiger partial charge in [0.2, 0.25) is 5.91 Å². The van der Waals surface area contributed by atoms with Crippen molar-refractivity contribution in [3.05, 3.63) is 30.1 Å². The summed E-state index contributed by atoms with van der Waals surface area (Å²) in [4.78, 5) is 15.1. The van der Waals surface area contributed by atoms with Crippen LogP contribution in [0.5, 0.6) is 0 Å². The summed E-state index contributed by atoms with van der Waals surface area (Å²) >= 11 is 0. The molecule has 0 N–H and O–H groups in total. The van der Waals surface area contributed by atoms with Crippen LogP contribution in [-0.4, -0.2) is 53.3 Å². The number of amides is 1. The summed E-state index contributed by atoms with van der Waals surface area (Å²) < 4.78 is 48.9. The van der Waals surface area contributed by atoms with Gasteiger partial charge in [-0.05, 0) is 56.4 Å². The fourth-order valence-electron chi connectivity index (χ4n) is 3.86. The Morgan fingerprint density at radius 2 is 1.73 bits per heavy atom. The molecule has 0 spiro atoms. The van der Waals surface area contributed by atoms with Crippen molar-refractivity contribution in [1.82, 2.24) is 4.90 Å². The number of nitrogens with zero attached hydrogens (tertiary/aromatic N) is 1. The average molecular weight is 402 g/mol. The van der Waals surface area contributed by atoms with E-state index in [2.05, 4.69) is 0 Å². The highest BCUT2D eigenvalue weighted by molar-refractivity contribution is 7.91. The van der Waals surface area contributed by atoms with Crippen LogP contribution in [0, 0.1) is 11.7 Å². The SMILES string of the molecule is CS(=O)(=O)C1CCC(C(=O)N2CCC(S(=O)c3ccc(F)cc3)C2)CC1. The highest BCUT2D eigenvalue weighted by Crippen LogP contribution is 2.31. The summed E-state index contributed by atoms with van der Waals surface area (Å²) in [6.45, 7) is 1.01. The third kappa shape index (κ3) is 4.34. The van der Waals surface area contributed by atoms with Crippen molar-refractivity contribution < 1.29 is 21.8 Å². The van der Waals surface area contributed by atoms with Crippen molar-refractivity contribution >= 4 is 26.5 Å². The van der Waals surface area contributed by atoms with Crippen LogP contribution < -0.4 is 0 Å². The number of halogens is 1. The minimum Gasteiger partial charge on any atom is -0.341 e. The second-order valence-corrected chi connectivity index (χ2v) is 11.3. The molecule has 1 aromatic rings. The summed E-state index contributed by atoms with van der Waals surface area (Å²) in [5, 5.41) is -0.472. The highest BCUT2D eigenvalue weighted by atomic mass is 32.2. The molecule has 2 atom stereocenters. The van der Waals surface area contributed by atoms with E-state index < -0.39 is 20.6 Å². The molecular weight excluding hydrogens is 377 g/mol. The van der Waals surface area contributed by atoms with E-state index in [1.54, 1.807) is 4.90 Å². The molecule has 1 saturated heterocycles. The lowest BCUT2D eigenvalue weighted by Gasteiger charge is -2.29. The average Bonchev–Trinajstić information content (AvgIpc) is 3.10. The Bertz CT molecular complexity index is 786. The van der Waals surface area contributed by atoms with Gasteiger partial charge in [0.25, 0.3) is 0 Å².